The molecule has 72 valence electrons. The maximum absolute atomic E-state index is 9.51. The summed E-state index contributed by atoms with van der Waals surface area (Å²) in [4.78, 5) is 0. The van der Waals surface area contributed by atoms with E-state index in [1.165, 1.54) is 7.11 Å². The van der Waals surface area contributed by atoms with Crippen molar-refractivity contribution in [2.45, 2.75) is 38.4 Å². The molecule has 0 spiro atoms. The van der Waals surface area contributed by atoms with Gasteiger partial charge >= 0.3 is 0 Å². The lowest BCUT2D eigenvalue weighted by molar-refractivity contribution is -0.264. The highest BCUT2D eigenvalue weighted by atomic mass is 16.7. The van der Waals surface area contributed by atoms with Gasteiger partial charge in [-0.1, -0.05) is 6.92 Å². The Kier molecular flexibility index (Phi) is 3.06. The Hall–Kier alpha value is -0.160. The zero-order chi connectivity index (χ0) is 9.30. The van der Waals surface area contributed by atoms with Gasteiger partial charge in [0.05, 0.1) is 12.2 Å². The lowest BCUT2D eigenvalue weighted by atomic mass is 9.93. The summed E-state index contributed by atoms with van der Waals surface area (Å²) in [6.07, 6.45) is -2.37. The molecule has 1 aliphatic rings. The standard InChI is InChI=1S/C8H16O4/c1-4-6(9)7(10)5(2)12-8(4)11-3/h4-10H,1-3H3/t4-,5-,6+,7-,8-/m0/s1. The monoisotopic (exact) mass is 176 g/mol. The van der Waals surface area contributed by atoms with Crippen LogP contribution in [0.2, 0.25) is 0 Å². The van der Waals surface area contributed by atoms with Gasteiger partial charge in [0.1, 0.15) is 6.10 Å². The molecule has 0 radical (unpaired) electrons. The number of ether oxygens (including phenoxy) is 2. The maximum atomic E-state index is 9.51. The molecule has 4 heteroatoms. The van der Waals surface area contributed by atoms with Gasteiger partial charge in [-0.3, -0.25) is 0 Å². The van der Waals surface area contributed by atoms with Crippen LogP contribution in [0.1, 0.15) is 13.8 Å². The van der Waals surface area contributed by atoms with Crippen LogP contribution in [0.25, 0.3) is 0 Å². The molecule has 0 bridgehead atoms. The van der Waals surface area contributed by atoms with Crippen molar-refractivity contribution in [2.75, 3.05) is 7.11 Å². The van der Waals surface area contributed by atoms with E-state index in [1.807, 2.05) is 0 Å². The molecule has 0 aromatic heterocycles. The Balaban J connectivity index is 2.63. The van der Waals surface area contributed by atoms with Crippen molar-refractivity contribution < 1.29 is 19.7 Å². The van der Waals surface area contributed by atoms with Crippen LogP contribution >= 0.6 is 0 Å². The summed E-state index contributed by atoms with van der Waals surface area (Å²) in [6, 6.07) is 0. The zero-order valence-electron chi connectivity index (χ0n) is 7.60. The highest BCUT2D eigenvalue weighted by molar-refractivity contribution is 4.84. The second-order valence-electron chi connectivity index (χ2n) is 3.29. The van der Waals surface area contributed by atoms with Gasteiger partial charge in [-0.25, -0.2) is 0 Å². The van der Waals surface area contributed by atoms with Gasteiger partial charge in [0.15, 0.2) is 6.29 Å². The quantitative estimate of drug-likeness (QED) is 0.577. The van der Waals surface area contributed by atoms with Gasteiger partial charge in [-0.15, -0.1) is 0 Å². The summed E-state index contributed by atoms with van der Waals surface area (Å²) >= 11 is 0. The minimum absolute atomic E-state index is 0.193. The predicted octanol–water partition coefficient (Wildman–Crippen LogP) is -0.265. The van der Waals surface area contributed by atoms with Crippen LogP contribution in [0.4, 0.5) is 0 Å². The largest absolute Gasteiger partial charge is 0.390 e. The van der Waals surface area contributed by atoms with Crippen molar-refractivity contribution in [3.05, 3.63) is 0 Å². The molecule has 0 aromatic carbocycles. The van der Waals surface area contributed by atoms with Crippen molar-refractivity contribution in [1.29, 1.82) is 0 Å². The molecule has 0 aliphatic carbocycles. The Bertz CT molecular complexity index is 145. The topological polar surface area (TPSA) is 58.9 Å². The van der Waals surface area contributed by atoms with E-state index in [1.54, 1.807) is 13.8 Å². The Morgan fingerprint density at radius 3 is 2.25 bits per heavy atom. The van der Waals surface area contributed by atoms with E-state index in [-0.39, 0.29) is 12.0 Å². The number of hydrogen-bond acceptors (Lipinski definition) is 4. The molecule has 1 heterocycles. The third-order valence-electron chi connectivity index (χ3n) is 2.38. The first-order chi connectivity index (χ1) is 5.57. The summed E-state index contributed by atoms with van der Waals surface area (Å²) < 4.78 is 10.3. The molecule has 12 heavy (non-hydrogen) atoms. The summed E-state index contributed by atoms with van der Waals surface area (Å²) in [7, 11) is 1.53. The Morgan fingerprint density at radius 2 is 1.75 bits per heavy atom. The minimum Gasteiger partial charge on any atom is -0.390 e. The van der Waals surface area contributed by atoms with E-state index >= 15 is 0 Å². The molecule has 1 saturated heterocycles. The highest BCUT2D eigenvalue weighted by Crippen LogP contribution is 2.25. The van der Waals surface area contributed by atoms with E-state index in [4.69, 9.17) is 9.47 Å². The lowest BCUT2D eigenvalue weighted by Crippen LogP contribution is -2.52. The van der Waals surface area contributed by atoms with E-state index in [0.717, 1.165) is 0 Å². The van der Waals surface area contributed by atoms with Crippen LogP contribution in [-0.4, -0.2) is 41.9 Å². The molecule has 5 atom stereocenters. The fourth-order valence-corrected chi connectivity index (χ4v) is 1.44. The molecule has 0 aromatic rings. The van der Waals surface area contributed by atoms with Gasteiger partial charge in [0.2, 0.25) is 0 Å². The highest BCUT2D eigenvalue weighted by Gasteiger charge is 2.39. The predicted molar refractivity (Wildman–Crippen MR) is 42.5 cm³/mol. The fraction of sp³-hybridized carbons (Fsp3) is 1.00. The van der Waals surface area contributed by atoms with Gasteiger partial charge in [-0.05, 0) is 6.92 Å². The van der Waals surface area contributed by atoms with Crippen LogP contribution in [0, 0.1) is 5.92 Å². The van der Waals surface area contributed by atoms with Gasteiger partial charge in [-0.2, -0.15) is 0 Å². The third kappa shape index (κ3) is 1.61. The van der Waals surface area contributed by atoms with E-state index in [9.17, 15) is 10.2 Å². The molecule has 0 unspecified atom stereocenters. The molecule has 0 amide bonds. The third-order valence-corrected chi connectivity index (χ3v) is 2.38. The van der Waals surface area contributed by atoms with E-state index in [0.29, 0.717) is 0 Å². The van der Waals surface area contributed by atoms with E-state index in [2.05, 4.69) is 0 Å². The normalized spacial score (nSPS) is 49.2. The maximum Gasteiger partial charge on any atom is 0.162 e. The first kappa shape index (κ1) is 9.92. The number of hydrogen-bond donors (Lipinski definition) is 2. The summed E-state index contributed by atoms with van der Waals surface area (Å²) in [5, 5.41) is 18.9. The summed E-state index contributed by atoms with van der Waals surface area (Å²) in [5.74, 6) is -0.193. The average Bonchev–Trinajstić information content (AvgIpc) is 2.08. The van der Waals surface area contributed by atoms with Crippen LogP contribution in [-0.2, 0) is 9.47 Å². The second kappa shape index (κ2) is 3.70. The molecule has 4 nitrogen and oxygen atoms in total. The lowest BCUT2D eigenvalue weighted by Gasteiger charge is -2.39. The van der Waals surface area contributed by atoms with Crippen molar-refractivity contribution in [1.82, 2.24) is 0 Å². The molecule has 0 saturated carbocycles. The molecule has 2 N–H and O–H groups in total. The first-order valence-corrected chi connectivity index (χ1v) is 4.12. The Labute approximate surface area is 72.1 Å². The molecule has 1 aliphatic heterocycles. The van der Waals surface area contributed by atoms with Gasteiger partial charge in [0.25, 0.3) is 0 Å². The van der Waals surface area contributed by atoms with Crippen molar-refractivity contribution >= 4 is 0 Å². The van der Waals surface area contributed by atoms with Crippen LogP contribution in [0.15, 0.2) is 0 Å². The molecule has 1 fully saturated rings. The van der Waals surface area contributed by atoms with Crippen LogP contribution in [0.5, 0.6) is 0 Å². The molecular formula is C8H16O4. The smallest absolute Gasteiger partial charge is 0.162 e. The first-order valence-electron chi connectivity index (χ1n) is 4.12. The number of rotatable bonds is 1. The average molecular weight is 176 g/mol. The minimum atomic E-state index is -0.814. The number of aliphatic hydroxyl groups is 2. The SMILES string of the molecule is CO[C@H]1O[C@@H](C)[C@H](O)[C@H](O)[C@@H]1C. The van der Waals surface area contributed by atoms with Gasteiger partial charge < -0.3 is 19.7 Å². The zero-order valence-corrected chi connectivity index (χ0v) is 7.60. The number of aliphatic hydroxyl groups excluding tert-OH is 2. The second-order valence-corrected chi connectivity index (χ2v) is 3.29. The number of methoxy groups -OCH3 is 1. The van der Waals surface area contributed by atoms with Crippen molar-refractivity contribution in [3.8, 4) is 0 Å². The van der Waals surface area contributed by atoms with Crippen molar-refractivity contribution in [3.63, 3.8) is 0 Å². The summed E-state index contributed by atoms with van der Waals surface area (Å²) in [5.41, 5.74) is 0. The molecular weight excluding hydrogens is 160 g/mol. The summed E-state index contributed by atoms with van der Waals surface area (Å²) in [6.45, 7) is 3.50. The van der Waals surface area contributed by atoms with Crippen LogP contribution in [0.3, 0.4) is 0 Å². The fourth-order valence-electron chi connectivity index (χ4n) is 1.44. The van der Waals surface area contributed by atoms with E-state index < -0.39 is 18.5 Å². The van der Waals surface area contributed by atoms with Gasteiger partial charge in [0, 0.05) is 13.0 Å². The Morgan fingerprint density at radius 1 is 1.17 bits per heavy atom. The molecule has 1 rings (SSSR count). The van der Waals surface area contributed by atoms with Crippen LogP contribution < -0.4 is 0 Å². The van der Waals surface area contributed by atoms with Crippen molar-refractivity contribution in [2.24, 2.45) is 5.92 Å².